The minimum absolute atomic E-state index is 0.113. The van der Waals surface area contributed by atoms with Crippen LogP contribution in [0.3, 0.4) is 0 Å². The van der Waals surface area contributed by atoms with E-state index in [2.05, 4.69) is 0 Å². The largest absolute Gasteiger partial charge is 0.404 e. The lowest BCUT2D eigenvalue weighted by atomic mass is 9.99. The Kier molecular flexibility index (Phi) is 7.26. The van der Waals surface area contributed by atoms with Crippen LogP contribution in [0, 0.1) is 0 Å². The van der Waals surface area contributed by atoms with Crippen molar-refractivity contribution < 1.29 is 61.5 Å². The zero-order valence-corrected chi connectivity index (χ0v) is 21.7. The highest BCUT2D eigenvalue weighted by molar-refractivity contribution is 6.43. The number of fused-ring (bicyclic) bond motifs is 6. The Bertz CT molecular complexity index is 1930. The first-order valence-corrected chi connectivity index (χ1v) is 11.7. The minimum atomic E-state index is -6.87. The molecule has 0 N–H and O–H groups in total. The third-order valence-corrected chi connectivity index (χ3v) is 7.18. The summed E-state index contributed by atoms with van der Waals surface area (Å²) in [7, 11) is 0. The van der Waals surface area contributed by atoms with Gasteiger partial charge in [0.05, 0.1) is 31.6 Å². The molecule has 240 valence electrons. The molecule has 0 atom stereocenters. The highest BCUT2D eigenvalue weighted by atomic mass is 35.5. The molecule has 0 saturated carbocycles. The van der Waals surface area contributed by atoms with E-state index in [0.717, 1.165) is 0 Å². The van der Waals surface area contributed by atoms with E-state index in [1.54, 1.807) is 0 Å². The van der Waals surface area contributed by atoms with Gasteiger partial charge < -0.3 is 0 Å². The average molecular weight is 699 g/mol. The monoisotopic (exact) mass is 698 g/mol. The summed E-state index contributed by atoms with van der Waals surface area (Å²) >= 11 is 11.5. The van der Waals surface area contributed by atoms with E-state index in [4.69, 9.17) is 23.2 Å². The molecule has 0 fully saturated rings. The molecule has 0 amide bonds. The van der Waals surface area contributed by atoms with Crippen LogP contribution in [0.1, 0.15) is 0 Å². The van der Waals surface area contributed by atoms with Crippen LogP contribution >= 0.6 is 23.2 Å². The standard InChI is InChI=1S/C22H6Cl2F14N2O4/c23-7-1-5-9-10(11(7)15(43)39(13(5)41)21(35,36)19(31,32)17(27,28)3-25)6-2-8(24)12(9)16(44)40(14(6)42)22(37,38)20(33,34)18(29,30)4-26/h1-2H,3-4H2. The minimum Gasteiger partial charge on any atom is -0.268 e. The molecule has 0 aliphatic heterocycles. The van der Waals surface area contributed by atoms with Gasteiger partial charge in [0.2, 0.25) is 0 Å². The smallest absolute Gasteiger partial charge is 0.268 e. The van der Waals surface area contributed by atoms with E-state index in [9.17, 15) is 80.6 Å². The van der Waals surface area contributed by atoms with Gasteiger partial charge in [-0.25, -0.2) is 17.9 Å². The predicted octanol–water partition coefficient (Wildman–Crippen LogP) is 5.95. The Labute approximate surface area is 239 Å². The lowest BCUT2D eigenvalue weighted by molar-refractivity contribution is -0.346. The van der Waals surface area contributed by atoms with Gasteiger partial charge >= 0.3 is 35.8 Å². The van der Waals surface area contributed by atoms with Crippen molar-refractivity contribution >= 4 is 55.5 Å². The fraction of sp³-hybridized carbons (Fsp3) is 0.364. The maximum atomic E-state index is 14.9. The SMILES string of the molecule is O=c1c2cc(Cl)c(c(=O)n1C(F)(F)C(F)(F)C(F)(F)CF)c1c3cc(Cl)c(c(=O)n(C(F)(F)C(F)(F)C(F)(F)CF)c3=O)c21. The molecule has 22 heteroatoms. The fourth-order valence-corrected chi connectivity index (χ4v) is 4.94. The topological polar surface area (TPSA) is 78.1 Å². The van der Waals surface area contributed by atoms with Gasteiger partial charge in [-0.1, -0.05) is 23.2 Å². The molecule has 44 heavy (non-hydrogen) atoms. The maximum absolute atomic E-state index is 14.9. The van der Waals surface area contributed by atoms with E-state index >= 15 is 0 Å². The van der Waals surface area contributed by atoms with Crippen molar-refractivity contribution in [1.29, 1.82) is 0 Å². The number of benzene rings is 2. The summed E-state index contributed by atoms with van der Waals surface area (Å²) in [4.78, 5) is 52.4. The summed E-state index contributed by atoms with van der Waals surface area (Å²) < 4.78 is 193. The normalized spacial score (nSPS) is 14.5. The van der Waals surface area contributed by atoms with Gasteiger partial charge in [-0.3, -0.25) is 19.2 Å². The molecule has 0 aliphatic rings. The van der Waals surface area contributed by atoms with E-state index < -0.39 is 123 Å². The molecule has 6 aromatic rings. The molecule has 0 saturated heterocycles. The second-order valence-electron chi connectivity index (χ2n) is 9.11. The first-order chi connectivity index (χ1) is 19.8. The summed E-state index contributed by atoms with van der Waals surface area (Å²) in [6.45, 7) is -6.91. The molecule has 6 rings (SSSR count). The molecule has 6 nitrogen and oxygen atoms in total. The first kappa shape index (κ1) is 33.5. The predicted molar refractivity (Wildman–Crippen MR) is 125 cm³/mol. The number of hydrogen-bond acceptors (Lipinski definition) is 4. The Hall–Kier alpha value is -3.42. The zero-order chi connectivity index (χ0) is 33.9. The van der Waals surface area contributed by atoms with Crippen LogP contribution in [0.4, 0.5) is 61.5 Å². The molecule has 0 aliphatic carbocycles. The Balaban J connectivity index is 2.37. The van der Waals surface area contributed by atoms with Gasteiger partial charge in [0.15, 0.2) is 13.3 Å². The molecule has 0 radical (unpaired) electrons. The van der Waals surface area contributed by atoms with Gasteiger partial charge in [0, 0.05) is 10.8 Å². The number of alkyl halides is 14. The van der Waals surface area contributed by atoms with Crippen molar-refractivity contribution in [2.24, 2.45) is 0 Å². The Morgan fingerprint density at radius 1 is 0.500 bits per heavy atom. The van der Waals surface area contributed by atoms with Gasteiger partial charge in [0.25, 0.3) is 22.2 Å². The van der Waals surface area contributed by atoms with Crippen LogP contribution in [0.2, 0.25) is 10.0 Å². The summed E-state index contributed by atoms with van der Waals surface area (Å²) in [5.74, 6) is -26.3. The van der Waals surface area contributed by atoms with Crippen molar-refractivity contribution in [3.05, 3.63) is 63.6 Å². The van der Waals surface area contributed by atoms with Crippen LogP contribution in [0.5, 0.6) is 0 Å². The lowest BCUT2D eigenvalue weighted by Crippen LogP contribution is -2.60. The van der Waals surface area contributed by atoms with Crippen molar-refractivity contribution in [2.45, 2.75) is 35.8 Å². The molecule has 4 aromatic heterocycles. The van der Waals surface area contributed by atoms with Crippen LogP contribution in [0.25, 0.3) is 32.3 Å². The number of rotatable bonds is 8. The van der Waals surface area contributed by atoms with E-state index in [-0.39, 0.29) is 12.1 Å². The summed E-state index contributed by atoms with van der Waals surface area (Å²) in [5, 5.41) is -12.4. The molecule has 0 spiro atoms. The highest BCUT2D eigenvalue weighted by Gasteiger charge is 2.75. The molecule has 4 bridgehead atoms. The average Bonchev–Trinajstić information content (AvgIpc) is 3.16. The van der Waals surface area contributed by atoms with Gasteiger partial charge in [0.1, 0.15) is 0 Å². The van der Waals surface area contributed by atoms with Gasteiger partial charge in [-0.15, -0.1) is 0 Å². The van der Waals surface area contributed by atoms with E-state index in [1.807, 2.05) is 0 Å². The second-order valence-corrected chi connectivity index (χ2v) is 9.93. The van der Waals surface area contributed by atoms with Crippen LogP contribution in [0.15, 0.2) is 31.3 Å². The van der Waals surface area contributed by atoms with E-state index in [0.29, 0.717) is 0 Å². The molecule has 2 aromatic carbocycles. The van der Waals surface area contributed by atoms with E-state index in [1.165, 1.54) is 0 Å². The summed E-state index contributed by atoms with van der Waals surface area (Å²) in [5.41, 5.74) is -11.1. The molecule has 0 unspecified atom stereocenters. The Morgan fingerprint density at radius 2 is 0.773 bits per heavy atom. The third-order valence-electron chi connectivity index (χ3n) is 6.58. The zero-order valence-electron chi connectivity index (χ0n) is 20.1. The molecular formula is C22H6Cl2F14N2O4. The first-order valence-electron chi connectivity index (χ1n) is 11.0. The van der Waals surface area contributed by atoms with Crippen molar-refractivity contribution in [3.8, 4) is 0 Å². The van der Waals surface area contributed by atoms with Crippen LogP contribution < -0.4 is 22.2 Å². The third kappa shape index (κ3) is 3.87. The van der Waals surface area contributed by atoms with Crippen molar-refractivity contribution in [1.82, 2.24) is 9.13 Å². The number of nitrogens with zero attached hydrogens (tertiary/aromatic N) is 2. The molecular weight excluding hydrogens is 693 g/mol. The number of halogens is 16. The maximum Gasteiger partial charge on any atom is 0.404 e. The second kappa shape index (κ2) is 9.54. The van der Waals surface area contributed by atoms with Crippen LogP contribution in [-0.4, -0.2) is 46.2 Å². The highest BCUT2D eigenvalue weighted by Crippen LogP contribution is 2.50. The number of hydrogen-bond donors (Lipinski definition) is 0. The van der Waals surface area contributed by atoms with Crippen molar-refractivity contribution in [3.63, 3.8) is 0 Å². The lowest BCUT2D eigenvalue weighted by Gasteiger charge is -2.31. The van der Waals surface area contributed by atoms with Gasteiger partial charge in [-0.05, 0) is 12.1 Å². The van der Waals surface area contributed by atoms with Gasteiger partial charge in [-0.2, -0.15) is 52.7 Å². The van der Waals surface area contributed by atoms with Crippen LogP contribution in [-0.2, 0) is 12.1 Å². The fourth-order valence-electron chi connectivity index (χ4n) is 4.37. The quantitative estimate of drug-likeness (QED) is 0.213. The summed E-state index contributed by atoms with van der Waals surface area (Å²) in [6.07, 6.45) is 0. The molecule has 4 heterocycles. The Morgan fingerprint density at radius 3 is 1.02 bits per heavy atom. The summed E-state index contributed by atoms with van der Waals surface area (Å²) in [6, 6.07) is -13.1. The number of aromatic nitrogens is 2. The van der Waals surface area contributed by atoms with Crippen molar-refractivity contribution in [2.75, 3.05) is 13.3 Å².